The summed E-state index contributed by atoms with van der Waals surface area (Å²) in [5, 5.41) is 21.5. The van der Waals surface area contributed by atoms with Crippen LogP contribution in [0.15, 0.2) is 24.3 Å². The van der Waals surface area contributed by atoms with Crippen molar-refractivity contribution in [2.45, 2.75) is 19.1 Å². The summed E-state index contributed by atoms with van der Waals surface area (Å²) in [5.41, 5.74) is 1.12. The minimum atomic E-state index is -0.384. The number of rotatable bonds is 8. The maximum absolute atomic E-state index is 9.80. The highest BCUT2D eigenvalue weighted by atomic mass is 16.5. The van der Waals surface area contributed by atoms with Crippen molar-refractivity contribution in [3.05, 3.63) is 29.8 Å². The van der Waals surface area contributed by atoms with E-state index < -0.39 is 0 Å². The maximum atomic E-state index is 9.80. The molecule has 20 heavy (non-hydrogen) atoms. The summed E-state index contributed by atoms with van der Waals surface area (Å²) in [6, 6.07) is 9.70. The van der Waals surface area contributed by atoms with E-state index >= 15 is 0 Å². The summed E-state index contributed by atoms with van der Waals surface area (Å²) in [6.07, 6.45) is -0.384. The molecule has 0 aromatic heterocycles. The zero-order valence-corrected chi connectivity index (χ0v) is 12.3. The van der Waals surface area contributed by atoms with Crippen molar-refractivity contribution >= 4 is 0 Å². The first-order valence-corrected chi connectivity index (χ1v) is 6.68. The van der Waals surface area contributed by atoms with Gasteiger partial charge in [0.1, 0.15) is 11.8 Å². The molecule has 2 unspecified atom stereocenters. The van der Waals surface area contributed by atoms with E-state index in [1.807, 2.05) is 56.3 Å². The molecule has 1 rings (SSSR count). The fraction of sp³-hybridized carbons (Fsp3) is 0.533. The Hall–Kier alpha value is -1.61. The molecule has 2 N–H and O–H groups in total. The minimum Gasteiger partial charge on any atom is -0.479 e. The molecule has 0 saturated carbocycles. The Kier molecular flexibility index (Phi) is 7.02. The zero-order chi connectivity index (χ0) is 15.0. The van der Waals surface area contributed by atoms with Gasteiger partial charge < -0.3 is 20.1 Å². The number of benzene rings is 1. The van der Waals surface area contributed by atoms with Gasteiger partial charge in [0.05, 0.1) is 6.10 Å². The Balaban J connectivity index is 2.43. The number of likely N-dealkylation sites (N-methyl/N-ethyl adjacent to an activating group) is 1. The van der Waals surface area contributed by atoms with Gasteiger partial charge in [-0.3, -0.25) is 0 Å². The van der Waals surface area contributed by atoms with Gasteiger partial charge >= 0.3 is 0 Å². The van der Waals surface area contributed by atoms with Crippen LogP contribution in [0.5, 0.6) is 5.75 Å². The van der Waals surface area contributed by atoms with Crippen LogP contribution in [0, 0.1) is 11.3 Å². The van der Waals surface area contributed by atoms with E-state index in [9.17, 15) is 5.11 Å². The molecule has 110 valence electrons. The lowest BCUT2D eigenvalue weighted by molar-refractivity contribution is 0.132. The molecular formula is C15H23N3O2. The third kappa shape index (κ3) is 6.02. The first kappa shape index (κ1) is 16.4. The van der Waals surface area contributed by atoms with Crippen LogP contribution in [0.4, 0.5) is 0 Å². The van der Waals surface area contributed by atoms with E-state index in [1.54, 1.807) is 0 Å². The maximum Gasteiger partial charge on any atom is 0.174 e. The van der Waals surface area contributed by atoms with Crippen molar-refractivity contribution in [3.8, 4) is 11.8 Å². The molecule has 0 radical (unpaired) electrons. The lowest BCUT2D eigenvalue weighted by atomic mass is 10.1. The highest BCUT2D eigenvalue weighted by molar-refractivity contribution is 5.29. The second-order valence-corrected chi connectivity index (χ2v) is 5.06. The first-order valence-electron chi connectivity index (χ1n) is 6.68. The van der Waals surface area contributed by atoms with E-state index in [2.05, 4.69) is 5.32 Å². The largest absolute Gasteiger partial charge is 0.479 e. The molecule has 0 amide bonds. The van der Waals surface area contributed by atoms with Gasteiger partial charge in [0.25, 0.3) is 0 Å². The van der Waals surface area contributed by atoms with E-state index in [-0.39, 0.29) is 18.8 Å². The third-order valence-corrected chi connectivity index (χ3v) is 2.92. The third-order valence-electron chi connectivity index (χ3n) is 2.92. The molecule has 5 heteroatoms. The molecular weight excluding hydrogens is 254 g/mol. The number of ether oxygens (including phenoxy) is 1. The van der Waals surface area contributed by atoms with Crippen LogP contribution < -0.4 is 10.1 Å². The quantitative estimate of drug-likeness (QED) is 0.746. The molecule has 0 fully saturated rings. The van der Waals surface area contributed by atoms with Crippen LogP contribution in [0.2, 0.25) is 0 Å². The van der Waals surface area contributed by atoms with Crippen molar-refractivity contribution in [3.63, 3.8) is 0 Å². The summed E-state index contributed by atoms with van der Waals surface area (Å²) in [6.45, 7) is 3.30. The van der Waals surface area contributed by atoms with E-state index in [1.165, 1.54) is 0 Å². The van der Waals surface area contributed by atoms with Gasteiger partial charge in [0.2, 0.25) is 0 Å². The lowest BCUT2D eigenvalue weighted by Gasteiger charge is -2.20. The smallest absolute Gasteiger partial charge is 0.174 e. The molecule has 0 heterocycles. The molecule has 0 saturated heterocycles. The number of nitrogens with one attached hydrogen (secondary N) is 1. The molecule has 5 nitrogen and oxygen atoms in total. The van der Waals surface area contributed by atoms with E-state index in [0.29, 0.717) is 18.8 Å². The average Bonchev–Trinajstić information content (AvgIpc) is 2.42. The van der Waals surface area contributed by atoms with Gasteiger partial charge in [-0.2, -0.15) is 5.26 Å². The SMILES string of the molecule is CC(NCC(O)CN(C)C)c1ccc(OCC#N)cc1. The summed E-state index contributed by atoms with van der Waals surface area (Å²) in [5.74, 6) is 0.690. The predicted octanol–water partition coefficient (Wildman–Crippen LogP) is 1.16. The fourth-order valence-electron chi connectivity index (χ4n) is 1.89. The summed E-state index contributed by atoms with van der Waals surface area (Å²) in [4.78, 5) is 1.96. The van der Waals surface area contributed by atoms with Gasteiger partial charge in [-0.05, 0) is 38.7 Å². The number of nitriles is 1. The first-order chi connectivity index (χ1) is 9.52. The Bertz CT molecular complexity index is 426. The molecule has 0 bridgehead atoms. The van der Waals surface area contributed by atoms with Gasteiger partial charge in [-0.15, -0.1) is 0 Å². The molecule has 0 spiro atoms. The van der Waals surface area contributed by atoms with Gasteiger partial charge in [0.15, 0.2) is 6.61 Å². The minimum absolute atomic E-state index is 0.0594. The summed E-state index contributed by atoms with van der Waals surface area (Å²) in [7, 11) is 3.87. The summed E-state index contributed by atoms with van der Waals surface area (Å²) >= 11 is 0. The molecule has 0 aliphatic rings. The number of aliphatic hydroxyl groups excluding tert-OH is 1. The van der Waals surface area contributed by atoms with E-state index in [0.717, 1.165) is 5.56 Å². The molecule has 1 aromatic rings. The van der Waals surface area contributed by atoms with Crippen molar-refractivity contribution in [2.24, 2.45) is 0 Å². The monoisotopic (exact) mass is 277 g/mol. The summed E-state index contributed by atoms with van der Waals surface area (Å²) < 4.78 is 5.20. The normalized spacial score (nSPS) is 13.8. The van der Waals surface area contributed by atoms with Gasteiger partial charge in [0, 0.05) is 19.1 Å². The number of hydrogen-bond donors (Lipinski definition) is 2. The second kappa shape index (κ2) is 8.54. The zero-order valence-electron chi connectivity index (χ0n) is 12.3. The van der Waals surface area contributed by atoms with Crippen LogP contribution in [0.25, 0.3) is 0 Å². The standard InChI is InChI=1S/C15H23N3O2/c1-12(17-10-14(19)11-18(2)3)13-4-6-15(7-5-13)20-9-8-16/h4-7,12,14,17,19H,9-11H2,1-3H3. The molecule has 0 aliphatic heterocycles. The number of nitrogens with zero attached hydrogens (tertiary/aromatic N) is 2. The van der Waals surface area contributed by atoms with Crippen molar-refractivity contribution < 1.29 is 9.84 Å². The number of hydrogen-bond acceptors (Lipinski definition) is 5. The highest BCUT2D eigenvalue weighted by Crippen LogP contribution is 2.17. The lowest BCUT2D eigenvalue weighted by Crippen LogP contribution is -2.36. The van der Waals surface area contributed by atoms with Crippen molar-refractivity contribution in [2.75, 3.05) is 33.8 Å². The van der Waals surface area contributed by atoms with Crippen LogP contribution in [-0.2, 0) is 0 Å². The highest BCUT2D eigenvalue weighted by Gasteiger charge is 2.09. The molecule has 1 aromatic carbocycles. The van der Waals surface area contributed by atoms with E-state index in [4.69, 9.17) is 10.00 Å². The van der Waals surface area contributed by atoms with Crippen LogP contribution in [-0.4, -0.2) is 49.9 Å². The topological polar surface area (TPSA) is 68.5 Å². The van der Waals surface area contributed by atoms with Crippen molar-refractivity contribution in [1.29, 1.82) is 5.26 Å². The van der Waals surface area contributed by atoms with Gasteiger partial charge in [-0.1, -0.05) is 12.1 Å². The average molecular weight is 277 g/mol. The second-order valence-electron chi connectivity index (χ2n) is 5.06. The van der Waals surface area contributed by atoms with Crippen LogP contribution in [0.1, 0.15) is 18.5 Å². The molecule has 2 atom stereocenters. The Labute approximate surface area is 120 Å². The Morgan fingerprint density at radius 1 is 1.35 bits per heavy atom. The van der Waals surface area contributed by atoms with Crippen molar-refractivity contribution in [1.82, 2.24) is 10.2 Å². The predicted molar refractivity (Wildman–Crippen MR) is 78.5 cm³/mol. The number of aliphatic hydroxyl groups is 1. The van der Waals surface area contributed by atoms with Crippen LogP contribution in [0.3, 0.4) is 0 Å². The Morgan fingerprint density at radius 3 is 2.55 bits per heavy atom. The fourth-order valence-corrected chi connectivity index (χ4v) is 1.89. The molecule has 0 aliphatic carbocycles. The Morgan fingerprint density at radius 2 is 2.00 bits per heavy atom. The van der Waals surface area contributed by atoms with Gasteiger partial charge in [-0.25, -0.2) is 0 Å². The van der Waals surface area contributed by atoms with Crippen LogP contribution >= 0.6 is 0 Å².